The van der Waals surface area contributed by atoms with Crippen LogP contribution in [0.1, 0.15) is 18.2 Å². The molecule has 0 unspecified atom stereocenters. The molecule has 3 rings (SSSR count). The van der Waals surface area contributed by atoms with E-state index in [2.05, 4.69) is 31.5 Å². The van der Waals surface area contributed by atoms with Crippen molar-refractivity contribution in [1.82, 2.24) is 15.0 Å². The van der Waals surface area contributed by atoms with E-state index in [1.54, 1.807) is 30.7 Å². The summed E-state index contributed by atoms with van der Waals surface area (Å²) >= 11 is 1.46. The summed E-state index contributed by atoms with van der Waals surface area (Å²) in [5.74, 6) is 0. The molecule has 0 aliphatic heterocycles. The maximum Gasteiger partial charge on any atom is 0.203 e. The Balaban J connectivity index is 1.73. The van der Waals surface area contributed by atoms with Crippen LogP contribution in [-0.4, -0.2) is 20.7 Å². The van der Waals surface area contributed by atoms with Crippen LogP contribution >= 0.6 is 11.3 Å². The number of hydrazone groups is 1. The lowest BCUT2D eigenvalue weighted by molar-refractivity contribution is 1.16. The quantitative estimate of drug-likeness (QED) is 0.588. The molecule has 0 saturated heterocycles. The third kappa shape index (κ3) is 3.56. The lowest BCUT2D eigenvalue weighted by Crippen LogP contribution is -2.02. The largest absolute Gasteiger partial charge is 0.261 e. The zero-order valence-corrected chi connectivity index (χ0v) is 13.1. The number of hydrogen-bond donors (Lipinski definition) is 1. The molecule has 0 amide bonds. The van der Waals surface area contributed by atoms with Gasteiger partial charge in [-0.25, -0.2) is 4.98 Å². The summed E-state index contributed by atoms with van der Waals surface area (Å²) in [6.07, 6.45) is 4.90. The molecule has 1 aromatic carbocycles. The molecule has 0 saturated carbocycles. The second-order valence-corrected chi connectivity index (χ2v) is 5.48. The summed E-state index contributed by atoms with van der Waals surface area (Å²) in [7, 11) is 0. The van der Waals surface area contributed by atoms with E-state index in [0.717, 1.165) is 17.0 Å². The Kier molecular flexibility index (Phi) is 4.36. The molecule has 0 atom stereocenters. The molecule has 23 heavy (non-hydrogen) atoms. The maximum absolute atomic E-state index is 8.82. The van der Waals surface area contributed by atoms with Crippen molar-refractivity contribution in [1.29, 1.82) is 5.26 Å². The van der Waals surface area contributed by atoms with E-state index in [-0.39, 0.29) is 0 Å². The van der Waals surface area contributed by atoms with Crippen LogP contribution in [0.2, 0.25) is 0 Å². The standard InChI is InChI=1S/C16H12N6S/c1-11(14-9-18-6-7-19-14)21-22-16-20-15(10-23-16)13-4-2-12(8-17)3-5-13/h2-7,9-10H,1H3,(H,20,22)/b21-11+. The van der Waals surface area contributed by atoms with Gasteiger partial charge in [0.25, 0.3) is 0 Å². The van der Waals surface area contributed by atoms with Gasteiger partial charge in [0.05, 0.1) is 29.2 Å². The third-order valence-corrected chi connectivity index (χ3v) is 3.81. The summed E-state index contributed by atoms with van der Waals surface area (Å²) in [6, 6.07) is 9.41. The second-order valence-electron chi connectivity index (χ2n) is 4.63. The third-order valence-electron chi connectivity index (χ3n) is 3.07. The summed E-state index contributed by atoms with van der Waals surface area (Å²) in [5.41, 5.74) is 6.81. The predicted octanol–water partition coefficient (Wildman–Crippen LogP) is 3.31. The number of rotatable bonds is 4. The van der Waals surface area contributed by atoms with E-state index in [9.17, 15) is 0 Å². The Labute approximate surface area is 137 Å². The molecule has 112 valence electrons. The number of nitrogens with one attached hydrogen (secondary N) is 1. The lowest BCUT2D eigenvalue weighted by atomic mass is 10.1. The van der Waals surface area contributed by atoms with Crippen LogP contribution in [0, 0.1) is 11.3 Å². The number of benzene rings is 1. The van der Waals surface area contributed by atoms with Gasteiger partial charge in [0.1, 0.15) is 5.69 Å². The first kappa shape index (κ1) is 14.8. The first-order valence-electron chi connectivity index (χ1n) is 6.79. The fourth-order valence-corrected chi connectivity index (χ4v) is 2.51. The summed E-state index contributed by atoms with van der Waals surface area (Å²) < 4.78 is 0. The van der Waals surface area contributed by atoms with Crippen molar-refractivity contribution < 1.29 is 0 Å². The van der Waals surface area contributed by atoms with Crippen molar-refractivity contribution in [3.8, 4) is 17.3 Å². The normalized spacial score (nSPS) is 11.0. The highest BCUT2D eigenvalue weighted by Gasteiger charge is 2.05. The van der Waals surface area contributed by atoms with Crippen molar-refractivity contribution in [2.24, 2.45) is 5.10 Å². The van der Waals surface area contributed by atoms with Crippen molar-refractivity contribution in [3.05, 3.63) is 59.5 Å². The number of aromatic nitrogens is 3. The van der Waals surface area contributed by atoms with Gasteiger partial charge in [0.15, 0.2) is 0 Å². The molecular formula is C16H12N6S. The van der Waals surface area contributed by atoms with Crippen LogP contribution in [0.5, 0.6) is 0 Å². The smallest absolute Gasteiger partial charge is 0.203 e. The zero-order valence-electron chi connectivity index (χ0n) is 12.3. The van der Waals surface area contributed by atoms with Crippen LogP contribution in [-0.2, 0) is 0 Å². The van der Waals surface area contributed by atoms with Gasteiger partial charge >= 0.3 is 0 Å². The van der Waals surface area contributed by atoms with Gasteiger partial charge in [-0.3, -0.25) is 15.4 Å². The number of hydrogen-bond acceptors (Lipinski definition) is 7. The van der Waals surface area contributed by atoms with Crippen molar-refractivity contribution >= 4 is 22.2 Å². The summed E-state index contributed by atoms with van der Waals surface area (Å²) in [5, 5.41) is 15.7. The minimum absolute atomic E-state index is 0.631. The van der Waals surface area contributed by atoms with Gasteiger partial charge in [-0.15, -0.1) is 11.3 Å². The van der Waals surface area contributed by atoms with Crippen molar-refractivity contribution in [3.63, 3.8) is 0 Å². The van der Waals surface area contributed by atoms with E-state index < -0.39 is 0 Å². The van der Waals surface area contributed by atoms with E-state index in [1.165, 1.54) is 11.3 Å². The number of nitrogens with zero attached hydrogens (tertiary/aromatic N) is 5. The van der Waals surface area contributed by atoms with Crippen LogP contribution in [0.3, 0.4) is 0 Å². The number of thiazole rings is 1. The van der Waals surface area contributed by atoms with E-state index in [4.69, 9.17) is 5.26 Å². The fraction of sp³-hybridized carbons (Fsp3) is 0.0625. The van der Waals surface area contributed by atoms with Crippen LogP contribution in [0.4, 0.5) is 5.13 Å². The molecule has 0 aliphatic rings. The monoisotopic (exact) mass is 320 g/mol. The number of anilines is 1. The molecule has 0 radical (unpaired) electrons. The highest BCUT2D eigenvalue weighted by atomic mass is 32.1. The fourth-order valence-electron chi connectivity index (χ4n) is 1.85. The molecule has 0 fully saturated rings. The molecule has 0 bridgehead atoms. The van der Waals surface area contributed by atoms with Gasteiger partial charge < -0.3 is 0 Å². The molecule has 1 N–H and O–H groups in total. The minimum atomic E-state index is 0.631. The van der Waals surface area contributed by atoms with E-state index in [0.29, 0.717) is 16.4 Å². The Morgan fingerprint density at radius 3 is 2.78 bits per heavy atom. The summed E-state index contributed by atoms with van der Waals surface area (Å²) in [4.78, 5) is 12.7. The predicted molar refractivity (Wildman–Crippen MR) is 90.1 cm³/mol. The second kappa shape index (κ2) is 6.77. The molecule has 3 aromatic rings. The molecule has 6 nitrogen and oxygen atoms in total. The van der Waals surface area contributed by atoms with E-state index in [1.807, 2.05) is 24.4 Å². The van der Waals surface area contributed by atoms with Gasteiger partial charge in [-0.2, -0.15) is 10.4 Å². The highest BCUT2D eigenvalue weighted by Crippen LogP contribution is 2.25. The Morgan fingerprint density at radius 2 is 2.09 bits per heavy atom. The Morgan fingerprint density at radius 1 is 1.26 bits per heavy atom. The van der Waals surface area contributed by atoms with Crippen molar-refractivity contribution in [2.45, 2.75) is 6.92 Å². The molecule has 0 spiro atoms. The molecule has 2 aromatic heterocycles. The Bertz CT molecular complexity index is 862. The molecule has 7 heteroatoms. The van der Waals surface area contributed by atoms with Gasteiger partial charge in [0.2, 0.25) is 5.13 Å². The van der Waals surface area contributed by atoms with Crippen LogP contribution in [0.25, 0.3) is 11.3 Å². The maximum atomic E-state index is 8.82. The van der Waals surface area contributed by atoms with E-state index >= 15 is 0 Å². The van der Waals surface area contributed by atoms with Gasteiger partial charge in [-0.1, -0.05) is 12.1 Å². The van der Waals surface area contributed by atoms with Gasteiger partial charge in [-0.05, 0) is 19.1 Å². The molecule has 0 aliphatic carbocycles. The van der Waals surface area contributed by atoms with Crippen molar-refractivity contribution in [2.75, 3.05) is 5.43 Å². The molecule has 2 heterocycles. The lowest BCUT2D eigenvalue weighted by Gasteiger charge is -1.99. The highest BCUT2D eigenvalue weighted by molar-refractivity contribution is 7.14. The summed E-state index contributed by atoms with van der Waals surface area (Å²) in [6.45, 7) is 1.85. The topological polar surface area (TPSA) is 86.9 Å². The first-order chi connectivity index (χ1) is 11.3. The minimum Gasteiger partial charge on any atom is -0.261 e. The average Bonchev–Trinajstić information content (AvgIpc) is 3.09. The SMILES string of the molecule is C/C(=N\Nc1nc(-c2ccc(C#N)cc2)cs1)c1cnccn1. The van der Waals surface area contributed by atoms with Crippen LogP contribution < -0.4 is 5.43 Å². The molecular weight excluding hydrogens is 308 g/mol. The Hall–Kier alpha value is -3.11. The average molecular weight is 320 g/mol. The van der Waals surface area contributed by atoms with Crippen LogP contribution in [0.15, 0.2) is 53.3 Å². The zero-order chi connectivity index (χ0) is 16.1. The van der Waals surface area contributed by atoms with Gasteiger partial charge in [0, 0.05) is 23.3 Å². The number of nitriles is 1. The first-order valence-corrected chi connectivity index (χ1v) is 7.67.